The highest BCUT2D eigenvalue weighted by Gasteiger charge is 2.53. The largest absolute Gasteiger partial charge is 0.514 e. The lowest BCUT2D eigenvalue weighted by Gasteiger charge is -2.32. The van der Waals surface area contributed by atoms with E-state index in [0.717, 1.165) is 25.0 Å². The molecule has 0 N–H and O–H groups in total. The molecule has 2 aliphatic heterocycles. The molecule has 0 amide bonds. The summed E-state index contributed by atoms with van der Waals surface area (Å²) in [6.07, 6.45) is 5.09. The quantitative estimate of drug-likeness (QED) is 0.788. The minimum Gasteiger partial charge on any atom is -0.398 e. The van der Waals surface area contributed by atoms with Gasteiger partial charge in [-0.25, -0.2) is 4.68 Å². The Bertz CT molecular complexity index is 465. The first-order valence-electron chi connectivity index (χ1n) is 8.41. The van der Waals surface area contributed by atoms with Crippen molar-refractivity contribution in [1.29, 1.82) is 0 Å². The molecule has 0 spiro atoms. The molecule has 1 aromatic heterocycles. The molecule has 1 unspecified atom stereocenters. The second kappa shape index (κ2) is 6.73. The molecule has 1 aromatic rings. The SMILES string of the molecule is CC.CC1(C)OB(c2ccnn2C2CCCCO2)OC1(C)C. The van der Waals surface area contributed by atoms with Gasteiger partial charge in [-0.15, -0.1) is 0 Å². The molecule has 22 heavy (non-hydrogen) atoms. The van der Waals surface area contributed by atoms with Gasteiger partial charge in [0, 0.05) is 12.8 Å². The average molecular weight is 308 g/mol. The van der Waals surface area contributed by atoms with Gasteiger partial charge in [0.1, 0.15) is 6.23 Å². The third-order valence-electron chi connectivity index (χ3n) is 4.62. The van der Waals surface area contributed by atoms with Crippen LogP contribution in [0.3, 0.4) is 0 Å². The van der Waals surface area contributed by atoms with Crippen molar-refractivity contribution in [3.63, 3.8) is 0 Å². The van der Waals surface area contributed by atoms with E-state index in [1.165, 1.54) is 6.42 Å². The van der Waals surface area contributed by atoms with Crippen molar-refractivity contribution >= 4 is 12.7 Å². The summed E-state index contributed by atoms with van der Waals surface area (Å²) in [7, 11) is -0.381. The fourth-order valence-corrected chi connectivity index (χ4v) is 2.63. The molecule has 0 aliphatic carbocycles. The molecule has 2 saturated heterocycles. The first-order chi connectivity index (χ1) is 10.4. The third kappa shape index (κ3) is 3.24. The summed E-state index contributed by atoms with van der Waals surface area (Å²) in [5.74, 6) is 0. The van der Waals surface area contributed by atoms with Gasteiger partial charge in [-0.2, -0.15) is 5.10 Å². The maximum Gasteiger partial charge on any atom is 0.514 e. The van der Waals surface area contributed by atoms with E-state index in [1.54, 1.807) is 6.20 Å². The van der Waals surface area contributed by atoms with E-state index in [4.69, 9.17) is 14.0 Å². The number of hydrogen-bond donors (Lipinski definition) is 0. The van der Waals surface area contributed by atoms with E-state index < -0.39 is 0 Å². The normalized spacial score (nSPS) is 26.5. The van der Waals surface area contributed by atoms with E-state index in [0.29, 0.717) is 0 Å². The summed E-state index contributed by atoms with van der Waals surface area (Å²) in [6, 6.07) is 1.96. The molecule has 2 aliphatic rings. The molecule has 0 bridgehead atoms. The van der Waals surface area contributed by atoms with Gasteiger partial charge < -0.3 is 14.0 Å². The van der Waals surface area contributed by atoms with Gasteiger partial charge in [-0.1, -0.05) is 13.8 Å². The summed E-state index contributed by atoms with van der Waals surface area (Å²) in [4.78, 5) is 0. The molecule has 0 aromatic carbocycles. The Hall–Kier alpha value is -0.845. The van der Waals surface area contributed by atoms with Crippen molar-refractivity contribution in [3.05, 3.63) is 12.3 Å². The van der Waals surface area contributed by atoms with Crippen LogP contribution in [-0.2, 0) is 14.0 Å². The van der Waals surface area contributed by atoms with Gasteiger partial charge in [0.15, 0.2) is 0 Å². The lowest BCUT2D eigenvalue weighted by molar-refractivity contribution is -0.0379. The minimum absolute atomic E-state index is 0.00720. The molecular weight excluding hydrogens is 279 g/mol. The average Bonchev–Trinajstić information content (AvgIpc) is 3.05. The molecule has 3 heterocycles. The van der Waals surface area contributed by atoms with Crippen LogP contribution >= 0.6 is 0 Å². The fraction of sp³-hybridized carbons (Fsp3) is 0.812. The predicted molar refractivity (Wildman–Crippen MR) is 88.1 cm³/mol. The topological polar surface area (TPSA) is 45.5 Å². The molecule has 0 saturated carbocycles. The van der Waals surface area contributed by atoms with Gasteiger partial charge in [-0.3, -0.25) is 0 Å². The number of aromatic nitrogens is 2. The molecular formula is C16H29BN2O3. The standard InChI is InChI=1S/C14H23BN2O3.C2H6/c1-13(2)14(3,4)20-15(19-13)11-8-9-16-17(11)12-7-5-6-10-18-12;1-2/h8-9,12H,5-7,10H2,1-4H3;1-2H3. The van der Waals surface area contributed by atoms with Gasteiger partial charge >= 0.3 is 7.12 Å². The van der Waals surface area contributed by atoms with E-state index >= 15 is 0 Å². The van der Waals surface area contributed by atoms with Crippen molar-refractivity contribution in [2.75, 3.05) is 6.61 Å². The molecule has 0 radical (unpaired) electrons. The van der Waals surface area contributed by atoms with Crippen LogP contribution in [0, 0.1) is 0 Å². The zero-order valence-electron chi connectivity index (χ0n) is 14.8. The fourth-order valence-electron chi connectivity index (χ4n) is 2.63. The summed E-state index contributed by atoms with van der Waals surface area (Å²) in [5, 5.41) is 4.41. The second-order valence-corrected chi connectivity index (χ2v) is 6.61. The van der Waals surface area contributed by atoms with Gasteiger partial charge in [0.05, 0.1) is 16.8 Å². The molecule has 5 nitrogen and oxygen atoms in total. The Labute approximate surface area is 134 Å². The first kappa shape index (κ1) is 17.5. The maximum atomic E-state index is 6.10. The highest BCUT2D eigenvalue weighted by molar-refractivity contribution is 6.61. The van der Waals surface area contributed by atoms with Crippen LogP contribution < -0.4 is 5.59 Å². The zero-order valence-corrected chi connectivity index (χ0v) is 14.8. The maximum absolute atomic E-state index is 6.10. The van der Waals surface area contributed by atoms with Gasteiger partial charge in [0.2, 0.25) is 0 Å². The molecule has 6 heteroatoms. The second-order valence-electron chi connectivity index (χ2n) is 6.61. The van der Waals surface area contributed by atoms with Crippen molar-refractivity contribution < 1.29 is 14.0 Å². The summed E-state index contributed by atoms with van der Waals surface area (Å²) in [5.41, 5.74) is 0.274. The Morgan fingerprint density at radius 2 is 1.77 bits per heavy atom. The number of ether oxygens (including phenoxy) is 1. The predicted octanol–water partition coefficient (Wildman–Crippen LogP) is 2.91. The monoisotopic (exact) mass is 308 g/mol. The third-order valence-corrected chi connectivity index (χ3v) is 4.62. The molecule has 124 valence electrons. The van der Waals surface area contributed by atoms with Crippen molar-refractivity contribution in [3.8, 4) is 0 Å². The first-order valence-corrected chi connectivity index (χ1v) is 8.41. The zero-order chi connectivity index (χ0) is 16.4. The van der Waals surface area contributed by atoms with Gasteiger partial charge in [-0.05, 0) is 53.0 Å². The number of nitrogens with zero attached hydrogens (tertiary/aromatic N) is 2. The van der Waals surface area contributed by atoms with E-state index in [-0.39, 0.29) is 24.5 Å². The Morgan fingerprint density at radius 3 is 2.32 bits per heavy atom. The van der Waals surface area contributed by atoms with Crippen LogP contribution in [-0.4, -0.2) is 34.7 Å². The van der Waals surface area contributed by atoms with Crippen molar-refractivity contribution in [1.82, 2.24) is 9.78 Å². The van der Waals surface area contributed by atoms with Crippen LogP contribution in [0.4, 0.5) is 0 Å². The highest BCUT2D eigenvalue weighted by Crippen LogP contribution is 2.36. The van der Waals surface area contributed by atoms with E-state index in [1.807, 2.05) is 24.6 Å². The lowest BCUT2D eigenvalue weighted by atomic mass is 9.84. The molecule has 2 fully saturated rings. The highest BCUT2D eigenvalue weighted by atomic mass is 16.7. The number of hydrogen-bond acceptors (Lipinski definition) is 4. The van der Waals surface area contributed by atoms with Gasteiger partial charge in [0.25, 0.3) is 0 Å². The molecule has 3 rings (SSSR count). The number of rotatable bonds is 2. The lowest BCUT2D eigenvalue weighted by Crippen LogP contribution is -2.42. The Kier molecular flexibility index (Phi) is 5.35. The van der Waals surface area contributed by atoms with Crippen LogP contribution in [0.15, 0.2) is 12.3 Å². The van der Waals surface area contributed by atoms with Crippen LogP contribution in [0.5, 0.6) is 0 Å². The van der Waals surface area contributed by atoms with Crippen LogP contribution in [0.2, 0.25) is 0 Å². The summed E-state index contributed by atoms with van der Waals surface area (Å²) >= 11 is 0. The Morgan fingerprint density at radius 1 is 1.14 bits per heavy atom. The van der Waals surface area contributed by atoms with Crippen LogP contribution in [0.1, 0.15) is 67.0 Å². The molecule has 1 atom stereocenters. The smallest absolute Gasteiger partial charge is 0.398 e. The summed E-state index contributed by atoms with van der Waals surface area (Å²) in [6.45, 7) is 13.0. The van der Waals surface area contributed by atoms with Crippen molar-refractivity contribution in [2.45, 2.75) is 78.2 Å². The Balaban J connectivity index is 0.000000847. The van der Waals surface area contributed by atoms with Crippen LogP contribution in [0.25, 0.3) is 0 Å². The van der Waals surface area contributed by atoms with E-state index in [2.05, 4.69) is 32.8 Å². The summed E-state index contributed by atoms with van der Waals surface area (Å²) < 4.78 is 19.9. The van der Waals surface area contributed by atoms with Crippen molar-refractivity contribution in [2.24, 2.45) is 0 Å². The van der Waals surface area contributed by atoms with E-state index in [9.17, 15) is 0 Å². The minimum atomic E-state index is -0.381.